The first kappa shape index (κ1) is 20.4. The standard InChI is InChI=1S/C16H24N6O.HI/c1-3-18-16(19-7-4-10-23-2)21-12-14-5-6-15(20-11-14)22-9-8-17-13-22;/h5-6,8-9,11,13H,3-4,7,10,12H2,1-2H3,(H2,18,19,21);1H. The van der Waals surface area contributed by atoms with Crippen molar-refractivity contribution in [3.05, 3.63) is 42.6 Å². The minimum absolute atomic E-state index is 0. The van der Waals surface area contributed by atoms with Crippen LogP contribution in [-0.4, -0.2) is 47.3 Å². The summed E-state index contributed by atoms with van der Waals surface area (Å²) in [5, 5.41) is 6.51. The van der Waals surface area contributed by atoms with Crippen LogP contribution in [0.1, 0.15) is 18.9 Å². The summed E-state index contributed by atoms with van der Waals surface area (Å²) in [5.41, 5.74) is 1.06. The summed E-state index contributed by atoms with van der Waals surface area (Å²) in [6, 6.07) is 3.99. The van der Waals surface area contributed by atoms with Gasteiger partial charge in [0.15, 0.2) is 5.96 Å². The fourth-order valence-electron chi connectivity index (χ4n) is 1.99. The minimum atomic E-state index is 0. The van der Waals surface area contributed by atoms with Crippen molar-refractivity contribution < 1.29 is 4.74 Å². The minimum Gasteiger partial charge on any atom is -0.385 e. The van der Waals surface area contributed by atoms with E-state index in [1.165, 1.54) is 0 Å². The zero-order valence-corrected chi connectivity index (χ0v) is 16.4. The van der Waals surface area contributed by atoms with Crippen LogP contribution in [0.15, 0.2) is 42.0 Å². The molecule has 24 heavy (non-hydrogen) atoms. The Bertz CT molecular complexity index is 585. The summed E-state index contributed by atoms with van der Waals surface area (Å²) < 4.78 is 6.91. The van der Waals surface area contributed by atoms with Crippen molar-refractivity contribution in [1.29, 1.82) is 0 Å². The van der Waals surface area contributed by atoms with Crippen LogP contribution in [0.25, 0.3) is 5.82 Å². The molecule has 0 saturated carbocycles. The third-order valence-corrected chi connectivity index (χ3v) is 3.16. The Balaban J connectivity index is 0.00000288. The number of nitrogens with one attached hydrogen (secondary N) is 2. The summed E-state index contributed by atoms with van der Waals surface area (Å²) in [5.74, 6) is 1.65. The molecule has 2 rings (SSSR count). The molecule has 2 aromatic rings. The van der Waals surface area contributed by atoms with Gasteiger partial charge >= 0.3 is 0 Å². The molecule has 0 radical (unpaired) electrons. The molecule has 0 aliphatic rings. The van der Waals surface area contributed by atoms with E-state index in [1.54, 1.807) is 19.6 Å². The average molecular weight is 444 g/mol. The fourth-order valence-corrected chi connectivity index (χ4v) is 1.99. The number of nitrogens with zero attached hydrogens (tertiary/aromatic N) is 4. The van der Waals surface area contributed by atoms with Gasteiger partial charge in [-0.1, -0.05) is 6.07 Å². The SMILES string of the molecule is CCNC(=NCc1ccc(-n2ccnc2)nc1)NCCCOC.I. The lowest BCUT2D eigenvalue weighted by Crippen LogP contribution is -2.38. The van der Waals surface area contributed by atoms with Crippen LogP contribution in [0.4, 0.5) is 0 Å². The Morgan fingerprint density at radius 1 is 1.33 bits per heavy atom. The van der Waals surface area contributed by atoms with Gasteiger partial charge in [-0.05, 0) is 25.0 Å². The van der Waals surface area contributed by atoms with Gasteiger partial charge in [-0.15, -0.1) is 24.0 Å². The maximum Gasteiger partial charge on any atom is 0.191 e. The van der Waals surface area contributed by atoms with E-state index in [-0.39, 0.29) is 24.0 Å². The molecule has 8 heteroatoms. The molecule has 0 amide bonds. The lowest BCUT2D eigenvalue weighted by Gasteiger charge is -2.11. The Morgan fingerprint density at radius 3 is 2.83 bits per heavy atom. The molecule has 2 aromatic heterocycles. The van der Waals surface area contributed by atoms with Crippen LogP contribution in [0.3, 0.4) is 0 Å². The molecule has 0 fully saturated rings. The van der Waals surface area contributed by atoms with Crippen molar-refractivity contribution in [2.75, 3.05) is 26.8 Å². The molecular weight excluding hydrogens is 419 g/mol. The number of imidazole rings is 1. The number of guanidine groups is 1. The average Bonchev–Trinajstić information content (AvgIpc) is 3.11. The van der Waals surface area contributed by atoms with Crippen LogP contribution in [0, 0.1) is 0 Å². The summed E-state index contributed by atoms with van der Waals surface area (Å²) in [6.45, 7) is 5.03. The number of aromatic nitrogens is 3. The normalized spacial score (nSPS) is 11.0. The lowest BCUT2D eigenvalue weighted by molar-refractivity contribution is 0.195. The van der Waals surface area contributed by atoms with E-state index >= 15 is 0 Å². The molecule has 7 nitrogen and oxygen atoms in total. The van der Waals surface area contributed by atoms with Gasteiger partial charge in [0.2, 0.25) is 0 Å². The second-order valence-electron chi connectivity index (χ2n) is 4.96. The number of ether oxygens (including phenoxy) is 1. The van der Waals surface area contributed by atoms with E-state index in [9.17, 15) is 0 Å². The van der Waals surface area contributed by atoms with Crippen LogP contribution in [0.5, 0.6) is 0 Å². The van der Waals surface area contributed by atoms with Gasteiger partial charge in [-0.25, -0.2) is 15.0 Å². The van der Waals surface area contributed by atoms with E-state index in [4.69, 9.17) is 4.74 Å². The Kier molecular flexibility index (Phi) is 10.0. The number of pyridine rings is 1. The number of rotatable bonds is 8. The molecule has 0 aliphatic carbocycles. The largest absolute Gasteiger partial charge is 0.385 e. The van der Waals surface area contributed by atoms with Crippen LogP contribution in [0.2, 0.25) is 0 Å². The van der Waals surface area contributed by atoms with E-state index in [2.05, 4.69) is 25.6 Å². The highest BCUT2D eigenvalue weighted by Gasteiger charge is 2.00. The summed E-state index contributed by atoms with van der Waals surface area (Å²) in [7, 11) is 1.71. The first-order valence-electron chi connectivity index (χ1n) is 7.78. The summed E-state index contributed by atoms with van der Waals surface area (Å²) >= 11 is 0. The highest BCUT2D eigenvalue weighted by Crippen LogP contribution is 2.06. The van der Waals surface area contributed by atoms with Crippen molar-refractivity contribution in [1.82, 2.24) is 25.2 Å². The number of hydrogen-bond acceptors (Lipinski definition) is 4. The van der Waals surface area contributed by atoms with E-state index < -0.39 is 0 Å². The second-order valence-corrected chi connectivity index (χ2v) is 4.96. The third kappa shape index (κ3) is 6.83. The van der Waals surface area contributed by atoms with Gasteiger partial charge in [-0.2, -0.15) is 0 Å². The molecule has 2 N–H and O–H groups in total. The molecule has 0 aliphatic heterocycles. The van der Waals surface area contributed by atoms with Crippen LogP contribution in [-0.2, 0) is 11.3 Å². The quantitative estimate of drug-likeness (QED) is 0.282. The molecule has 0 atom stereocenters. The molecule has 0 spiro atoms. The van der Waals surface area contributed by atoms with E-state index in [0.29, 0.717) is 6.54 Å². The smallest absolute Gasteiger partial charge is 0.191 e. The molecular formula is C16H25IN6O. The number of hydrogen-bond donors (Lipinski definition) is 2. The number of methoxy groups -OCH3 is 1. The third-order valence-electron chi connectivity index (χ3n) is 3.16. The number of aliphatic imine (C=N–C) groups is 1. The van der Waals surface area contributed by atoms with Crippen molar-refractivity contribution in [3.8, 4) is 5.82 Å². The Labute approximate surface area is 160 Å². The van der Waals surface area contributed by atoms with Crippen molar-refractivity contribution in [2.45, 2.75) is 19.9 Å². The lowest BCUT2D eigenvalue weighted by atomic mass is 10.3. The summed E-state index contributed by atoms with van der Waals surface area (Å²) in [4.78, 5) is 13.0. The van der Waals surface area contributed by atoms with Crippen molar-refractivity contribution in [2.24, 2.45) is 4.99 Å². The van der Waals surface area contributed by atoms with Crippen molar-refractivity contribution >= 4 is 29.9 Å². The highest BCUT2D eigenvalue weighted by atomic mass is 127. The van der Waals surface area contributed by atoms with Crippen LogP contribution >= 0.6 is 24.0 Å². The zero-order valence-electron chi connectivity index (χ0n) is 14.1. The van der Waals surface area contributed by atoms with Crippen LogP contribution < -0.4 is 10.6 Å². The van der Waals surface area contributed by atoms with Gasteiger partial charge < -0.3 is 15.4 Å². The first-order chi connectivity index (χ1) is 11.3. The highest BCUT2D eigenvalue weighted by molar-refractivity contribution is 14.0. The molecule has 2 heterocycles. The summed E-state index contributed by atoms with van der Waals surface area (Å²) in [6.07, 6.45) is 8.12. The second kappa shape index (κ2) is 11.8. The predicted octanol–water partition coefficient (Wildman–Crippen LogP) is 1.98. The van der Waals surface area contributed by atoms with Gasteiger partial charge in [0, 0.05) is 45.4 Å². The number of halogens is 1. The molecule has 0 saturated heterocycles. The predicted molar refractivity (Wildman–Crippen MR) is 106 cm³/mol. The van der Waals surface area contributed by atoms with Gasteiger partial charge in [0.25, 0.3) is 0 Å². The van der Waals surface area contributed by atoms with Gasteiger partial charge in [-0.3, -0.25) is 4.57 Å². The monoisotopic (exact) mass is 444 g/mol. The maximum atomic E-state index is 5.04. The fraction of sp³-hybridized carbons (Fsp3) is 0.438. The van der Waals surface area contributed by atoms with Crippen molar-refractivity contribution in [3.63, 3.8) is 0 Å². The van der Waals surface area contributed by atoms with E-state index in [1.807, 2.05) is 36.0 Å². The molecule has 0 bridgehead atoms. The Hall–Kier alpha value is -1.68. The first-order valence-corrected chi connectivity index (χ1v) is 7.78. The molecule has 132 valence electrons. The molecule has 0 aromatic carbocycles. The topological polar surface area (TPSA) is 76.4 Å². The van der Waals surface area contributed by atoms with Gasteiger partial charge in [0.1, 0.15) is 12.1 Å². The molecule has 0 unspecified atom stereocenters. The Morgan fingerprint density at radius 2 is 2.21 bits per heavy atom. The maximum absolute atomic E-state index is 5.04. The zero-order chi connectivity index (χ0) is 16.3. The van der Waals surface area contributed by atoms with E-state index in [0.717, 1.165) is 43.5 Å². The van der Waals surface area contributed by atoms with Gasteiger partial charge in [0.05, 0.1) is 6.54 Å².